The average Bonchev–Trinajstić information content (AvgIpc) is 2.57. The van der Waals surface area contributed by atoms with Crippen molar-refractivity contribution >= 4 is 21.4 Å². The summed E-state index contributed by atoms with van der Waals surface area (Å²) in [5.41, 5.74) is 0.816. The zero-order valence-electron chi connectivity index (χ0n) is 10.7. The van der Waals surface area contributed by atoms with E-state index in [4.69, 9.17) is 0 Å². The predicted octanol–water partition coefficient (Wildman–Crippen LogP) is 1.85. The van der Waals surface area contributed by atoms with E-state index in [9.17, 15) is 8.42 Å². The number of thiophene rings is 1. The molecule has 0 amide bonds. The van der Waals surface area contributed by atoms with Crippen LogP contribution in [0.25, 0.3) is 0 Å². The first-order valence-corrected chi connectivity index (χ1v) is 8.04. The summed E-state index contributed by atoms with van der Waals surface area (Å²) >= 11 is 1.49. The number of aryl methyl sites for hydroxylation is 1. The molecule has 0 saturated carbocycles. The monoisotopic (exact) mass is 276 g/mol. The van der Waals surface area contributed by atoms with Crippen LogP contribution in [0.1, 0.15) is 31.2 Å². The van der Waals surface area contributed by atoms with E-state index >= 15 is 0 Å². The van der Waals surface area contributed by atoms with Gasteiger partial charge in [0.1, 0.15) is 4.90 Å². The lowest BCUT2D eigenvalue weighted by Crippen LogP contribution is -2.26. The second-order valence-corrected chi connectivity index (χ2v) is 6.88. The van der Waals surface area contributed by atoms with E-state index in [1.54, 1.807) is 6.92 Å². The van der Waals surface area contributed by atoms with Gasteiger partial charge in [0.25, 0.3) is 0 Å². The minimum absolute atomic E-state index is 0.340. The molecule has 98 valence electrons. The number of hydrogen-bond donors (Lipinski definition) is 2. The van der Waals surface area contributed by atoms with Gasteiger partial charge in [-0.05, 0) is 17.9 Å². The molecule has 4 nitrogen and oxygen atoms in total. The van der Waals surface area contributed by atoms with Crippen molar-refractivity contribution in [3.8, 4) is 0 Å². The van der Waals surface area contributed by atoms with E-state index < -0.39 is 10.0 Å². The number of rotatable bonds is 6. The summed E-state index contributed by atoms with van der Waals surface area (Å²) in [5, 5.41) is 5.14. The molecule has 0 aliphatic carbocycles. The summed E-state index contributed by atoms with van der Waals surface area (Å²) in [6, 6.07) is 0.340. The Hall–Kier alpha value is -0.430. The van der Waals surface area contributed by atoms with Crippen LogP contribution in [0.4, 0.5) is 0 Å². The van der Waals surface area contributed by atoms with Crippen LogP contribution in [0.3, 0.4) is 0 Å². The molecule has 1 aromatic rings. The van der Waals surface area contributed by atoms with E-state index in [-0.39, 0.29) is 0 Å². The number of nitrogens with one attached hydrogen (secondary N) is 2. The summed E-state index contributed by atoms with van der Waals surface area (Å²) in [5.74, 6) is 0. The van der Waals surface area contributed by atoms with Crippen LogP contribution >= 0.6 is 11.3 Å². The molecule has 1 aromatic heterocycles. The fraction of sp³-hybridized carbons (Fsp3) is 0.636. The van der Waals surface area contributed by atoms with Gasteiger partial charge in [0.15, 0.2) is 0 Å². The van der Waals surface area contributed by atoms with Gasteiger partial charge in [-0.1, -0.05) is 20.8 Å². The maximum absolute atomic E-state index is 12.0. The smallest absolute Gasteiger partial charge is 0.241 e. The molecule has 0 fully saturated rings. The third-order valence-electron chi connectivity index (χ3n) is 2.26. The van der Waals surface area contributed by atoms with E-state index in [2.05, 4.69) is 10.0 Å². The van der Waals surface area contributed by atoms with Crippen LogP contribution in [0.5, 0.6) is 0 Å². The molecule has 0 bridgehead atoms. The molecule has 0 aliphatic rings. The Labute approximate surface area is 107 Å². The fourth-order valence-corrected chi connectivity index (χ4v) is 4.33. The highest BCUT2D eigenvalue weighted by atomic mass is 32.2. The first kappa shape index (κ1) is 14.6. The minimum atomic E-state index is -3.36. The van der Waals surface area contributed by atoms with Crippen molar-refractivity contribution in [1.29, 1.82) is 0 Å². The molecule has 0 atom stereocenters. The van der Waals surface area contributed by atoms with Crippen LogP contribution in [-0.4, -0.2) is 21.0 Å². The minimum Gasteiger partial charge on any atom is -0.310 e. The average molecular weight is 276 g/mol. The second-order valence-electron chi connectivity index (χ2n) is 4.21. The van der Waals surface area contributed by atoms with Gasteiger partial charge in [0.2, 0.25) is 10.0 Å². The molecular formula is C11H20N2O2S2. The lowest BCUT2D eigenvalue weighted by molar-refractivity contribution is 0.572. The number of sulfonamides is 1. The second kappa shape index (κ2) is 5.95. The molecule has 0 saturated heterocycles. The Morgan fingerprint density at radius 3 is 2.59 bits per heavy atom. The van der Waals surface area contributed by atoms with Crippen LogP contribution in [0.2, 0.25) is 0 Å². The topological polar surface area (TPSA) is 58.2 Å². The predicted molar refractivity (Wildman–Crippen MR) is 71.9 cm³/mol. The van der Waals surface area contributed by atoms with E-state index in [0.29, 0.717) is 24.0 Å². The van der Waals surface area contributed by atoms with Crippen molar-refractivity contribution in [3.63, 3.8) is 0 Å². The van der Waals surface area contributed by atoms with Crippen LogP contribution < -0.4 is 10.0 Å². The summed E-state index contributed by atoms with van der Waals surface area (Å²) in [4.78, 5) is 1.31. The van der Waals surface area contributed by atoms with Gasteiger partial charge < -0.3 is 5.32 Å². The van der Waals surface area contributed by atoms with Gasteiger partial charge in [0, 0.05) is 24.0 Å². The van der Waals surface area contributed by atoms with Crippen molar-refractivity contribution in [2.24, 2.45) is 0 Å². The van der Waals surface area contributed by atoms with Crippen molar-refractivity contribution < 1.29 is 8.42 Å². The van der Waals surface area contributed by atoms with Gasteiger partial charge in [-0.3, -0.25) is 0 Å². The molecule has 0 unspecified atom stereocenters. The highest BCUT2D eigenvalue weighted by molar-refractivity contribution is 7.89. The fourth-order valence-electron chi connectivity index (χ4n) is 1.53. The highest BCUT2D eigenvalue weighted by Crippen LogP contribution is 2.26. The van der Waals surface area contributed by atoms with Crippen LogP contribution in [-0.2, 0) is 16.6 Å². The van der Waals surface area contributed by atoms with Crippen molar-refractivity contribution in [2.75, 3.05) is 6.54 Å². The third-order valence-corrected chi connectivity index (χ3v) is 5.27. The van der Waals surface area contributed by atoms with Gasteiger partial charge in [-0.2, -0.15) is 0 Å². The first-order valence-electron chi connectivity index (χ1n) is 5.68. The van der Waals surface area contributed by atoms with Gasteiger partial charge >= 0.3 is 0 Å². The summed E-state index contributed by atoms with van der Waals surface area (Å²) in [7, 11) is -3.36. The molecule has 0 aromatic carbocycles. The lowest BCUT2D eigenvalue weighted by Gasteiger charge is -2.10. The van der Waals surface area contributed by atoms with E-state index in [1.807, 2.05) is 26.2 Å². The van der Waals surface area contributed by atoms with E-state index in [0.717, 1.165) is 10.4 Å². The molecule has 0 radical (unpaired) electrons. The third kappa shape index (κ3) is 3.77. The quantitative estimate of drug-likeness (QED) is 0.833. The Kier molecular flexibility index (Phi) is 5.12. The molecule has 1 heterocycles. The Morgan fingerprint density at radius 1 is 1.41 bits per heavy atom. The first-order chi connectivity index (χ1) is 7.88. The SMILES string of the molecule is CCNS(=O)(=O)c1c(C)csc1CNC(C)C. The number of hydrogen-bond acceptors (Lipinski definition) is 4. The molecule has 17 heavy (non-hydrogen) atoms. The Bertz CT molecular complexity index is 464. The Balaban J connectivity index is 3.02. The molecule has 6 heteroatoms. The normalized spacial score (nSPS) is 12.3. The van der Waals surface area contributed by atoms with Gasteiger partial charge in [-0.25, -0.2) is 13.1 Å². The van der Waals surface area contributed by atoms with Gasteiger partial charge in [0.05, 0.1) is 0 Å². The Morgan fingerprint density at radius 2 is 2.06 bits per heavy atom. The molecular weight excluding hydrogens is 256 g/mol. The zero-order valence-corrected chi connectivity index (χ0v) is 12.3. The standard InChI is InChI=1S/C11H20N2O2S2/c1-5-13-17(14,15)11-9(4)7-16-10(11)6-12-8(2)3/h7-8,12-13H,5-6H2,1-4H3. The van der Waals surface area contributed by atoms with Crippen LogP contribution in [0, 0.1) is 6.92 Å². The maximum atomic E-state index is 12.0. The lowest BCUT2D eigenvalue weighted by atomic mass is 10.3. The maximum Gasteiger partial charge on any atom is 0.241 e. The van der Waals surface area contributed by atoms with E-state index in [1.165, 1.54) is 11.3 Å². The van der Waals surface area contributed by atoms with Gasteiger partial charge in [-0.15, -0.1) is 11.3 Å². The van der Waals surface area contributed by atoms with Crippen LogP contribution in [0.15, 0.2) is 10.3 Å². The van der Waals surface area contributed by atoms with Crippen molar-refractivity contribution in [2.45, 2.75) is 45.2 Å². The summed E-state index contributed by atoms with van der Waals surface area (Å²) in [6.45, 7) is 8.70. The highest BCUT2D eigenvalue weighted by Gasteiger charge is 2.21. The molecule has 1 rings (SSSR count). The summed E-state index contributed by atoms with van der Waals surface area (Å²) < 4.78 is 26.6. The van der Waals surface area contributed by atoms with Crippen molar-refractivity contribution in [1.82, 2.24) is 10.0 Å². The van der Waals surface area contributed by atoms with Crippen molar-refractivity contribution in [3.05, 3.63) is 15.8 Å². The zero-order chi connectivity index (χ0) is 13.1. The molecule has 0 aliphatic heterocycles. The summed E-state index contributed by atoms with van der Waals surface area (Å²) in [6.07, 6.45) is 0. The molecule has 0 spiro atoms. The largest absolute Gasteiger partial charge is 0.310 e. The molecule has 2 N–H and O–H groups in total.